The Labute approximate surface area is 84.6 Å². The zero-order valence-electron chi connectivity index (χ0n) is 10.4. The van der Waals surface area contributed by atoms with Gasteiger partial charge in [-0.25, -0.2) is 14.4 Å². The smallest absolute Gasteiger partial charge is 0.135 e. The summed E-state index contributed by atoms with van der Waals surface area (Å²) < 4.78 is 14.3. The van der Waals surface area contributed by atoms with Crippen molar-refractivity contribution in [2.45, 2.75) is 51.8 Å². The molecule has 1 unspecified atom stereocenters. The highest BCUT2D eigenvalue weighted by atomic mass is 32.3. The maximum Gasteiger partial charge on any atom is 0.135 e. The highest BCUT2D eigenvalue weighted by Gasteiger charge is 2.41. The van der Waals surface area contributed by atoms with Crippen molar-refractivity contribution in [1.29, 1.82) is 0 Å². The Morgan fingerprint density at radius 1 is 0.923 bits per heavy atom. The molecular weight excluding hydrogens is 183 g/mol. The van der Waals surface area contributed by atoms with Crippen molar-refractivity contribution in [2.75, 3.05) is 12.5 Å². The molecule has 0 rings (SSSR count). The lowest BCUT2D eigenvalue weighted by Gasteiger charge is -2.50. The molecule has 0 amide bonds. The minimum atomic E-state index is -1.20. The van der Waals surface area contributed by atoms with Gasteiger partial charge in [0.05, 0.1) is 0 Å². The Morgan fingerprint density at radius 3 is 1.31 bits per heavy atom. The molecule has 1 atom stereocenters. The molecule has 0 saturated carbocycles. The molecule has 0 nitrogen and oxygen atoms in total. The largest absolute Gasteiger partial charge is 0.237 e. The lowest BCUT2D eigenvalue weighted by molar-refractivity contribution is 0.243. The minimum Gasteiger partial charge on any atom is -0.237 e. The number of hydrogen-bond acceptors (Lipinski definition) is 0. The van der Waals surface area contributed by atoms with Crippen LogP contribution < -0.4 is 0 Å². The maximum atomic E-state index is 14.2. The summed E-state index contributed by atoms with van der Waals surface area (Å²) in [6.45, 7) is 12.4. The lowest BCUT2D eigenvalue weighted by Crippen LogP contribution is -2.36. The normalized spacial score (nSPS) is 18.5. The molecule has 82 valence electrons. The van der Waals surface area contributed by atoms with Gasteiger partial charge >= 0.3 is 0 Å². The predicted octanol–water partition coefficient (Wildman–Crippen LogP) is 4.19. The van der Waals surface area contributed by atoms with Gasteiger partial charge < -0.3 is 0 Å². The van der Waals surface area contributed by atoms with Gasteiger partial charge in [0.25, 0.3) is 0 Å². The number of hydrogen-bond donors (Lipinski definition) is 0. The molecule has 0 aliphatic rings. The van der Waals surface area contributed by atoms with Crippen LogP contribution in [0.3, 0.4) is 0 Å². The number of halogens is 1. The highest BCUT2D eigenvalue weighted by molar-refractivity contribution is 8.34. The number of rotatable bonds is 1. The molecule has 0 aromatic rings. The fourth-order valence-electron chi connectivity index (χ4n) is 1.19. The van der Waals surface area contributed by atoms with Gasteiger partial charge in [0, 0.05) is 5.41 Å². The molecule has 13 heavy (non-hydrogen) atoms. The molecule has 0 aliphatic carbocycles. The first-order valence-electron chi connectivity index (χ1n) is 4.76. The molecule has 0 heterocycles. The Hall–Kier alpha value is 0.280. The third kappa shape index (κ3) is 2.87. The van der Waals surface area contributed by atoms with E-state index in [9.17, 15) is 4.39 Å². The summed E-state index contributed by atoms with van der Waals surface area (Å²) in [7, 11) is -1.20. The van der Waals surface area contributed by atoms with Crippen molar-refractivity contribution in [3.05, 3.63) is 0 Å². The van der Waals surface area contributed by atoms with Crippen LogP contribution in [-0.2, 0) is 0 Å². The van der Waals surface area contributed by atoms with Gasteiger partial charge in [-0.2, -0.15) is 0 Å². The van der Waals surface area contributed by atoms with Gasteiger partial charge in [-0.15, -0.1) is 0 Å². The van der Waals surface area contributed by atoms with Crippen molar-refractivity contribution < 1.29 is 4.39 Å². The Kier molecular flexibility index (Phi) is 3.52. The van der Waals surface area contributed by atoms with Gasteiger partial charge in [0.2, 0.25) is 0 Å². The average molecular weight is 208 g/mol. The first kappa shape index (κ1) is 13.3. The second kappa shape index (κ2) is 3.45. The van der Waals surface area contributed by atoms with Crippen LogP contribution in [-0.4, -0.2) is 22.8 Å². The zero-order chi connectivity index (χ0) is 11.1. The van der Waals surface area contributed by atoms with Crippen molar-refractivity contribution in [3.63, 3.8) is 0 Å². The van der Waals surface area contributed by atoms with Gasteiger partial charge in [-0.3, -0.25) is 0 Å². The average Bonchev–Trinajstić information content (AvgIpc) is 1.81. The van der Waals surface area contributed by atoms with Gasteiger partial charge in [0.1, 0.15) is 5.50 Å². The van der Waals surface area contributed by atoms with Crippen LogP contribution >= 0.6 is 10.0 Å². The fourth-order valence-corrected chi connectivity index (χ4v) is 3.58. The lowest BCUT2D eigenvalue weighted by atomic mass is 9.99. The molecule has 0 aromatic carbocycles. The zero-order valence-corrected chi connectivity index (χ0v) is 11.2. The van der Waals surface area contributed by atoms with Crippen LogP contribution in [0.15, 0.2) is 0 Å². The molecule has 0 bridgehead atoms. The summed E-state index contributed by atoms with van der Waals surface area (Å²) in [5.41, 5.74) is -0.924. The van der Waals surface area contributed by atoms with E-state index in [1.54, 1.807) is 0 Å². The fraction of sp³-hybridized carbons (Fsp3) is 1.00. The molecule has 0 fully saturated rings. The van der Waals surface area contributed by atoms with E-state index in [1.165, 1.54) is 0 Å². The van der Waals surface area contributed by atoms with E-state index in [-0.39, 0.29) is 10.2 Å². The third-order valence-electron chi connectivity index (χ3n) is 2.78. The van der Waals surface area contributed by atoms with Crippen molar-refractivity contribution in [1.82, 2.24) is 0 Å². The van der Waals surface area contributed by atoms with E-state index in [0.29, 0.717) is 0 Å². The van der Waals surface area contributed by atoms with Crippen LogP contribution in [0.2, 0.25) is 0 Å². The van der Waals surface area contributed by atoms with Crippen molar-refractivity contribution >= 4 is 10.0 Å². The highest BCUT2D eigenvalue weighted by Crippen LogP contribution is 2.61. The van der Waals surface area contributed by atoms with E-state index in [1.807, 2.05) is 20.8 Å². The molecule has 0 spiro atoms. The molecule has 0 saturated heterocycles. The Bertz CT molecular complexity index is 172. The van der Waals surface area contributed by atoms with E-state index >= 15 is 0 Å². The summed E-state index contributed by atoms with van der Waals surface area (Å²) >= 11 is 0. The van der Waals surface area contributed by atoms with Gasteiger partial charge in [-0.05, 0) is 17.3 Å². The first-order chi connectivity index (χ1) is 5.40. The van der Waals surface area contributed by atoms with Crippen molar-refractivity contribution in [2.24, 2.45) is 5.41 Å². The predicted molar refractivity (Wildman–Crippen MR) is 63.5 cm³/mol. The molecule has 0 aliphatic heterocycles. The van der Waals surface area contributed by atoms with E-state index in [4.69, 9.17) is 0 Å². The van der Waals surface area contributed by atoms with Crippen LogP contribution in [0.5, 0.6) is 0 Å². The summed E-state index contributed by atoms with van der Waals surface area (Å²) in [4.78, 5) is 0. The monoisotopic (exact) mass is 208 g/mol. The molecular formula is C11H25FS. The summed E-state index contributed by atoms with van der Waals surface area (Å²) in [6.07, 6.45) is 4.20. The number of alkyl halides is 1. The van der Waals surface area contributed by atoms with Gasteiger partial charge in [-0.1, -0.05) is 41.5 Å². The van der Waals surface area contributed by atoms with E-state index < -0.39 is 15.5 Å². The molecule has 0 radical (unpaired) electrons. The summed E-state index contributed by atoms with van der Waals surface area (Å²) in [6, 6.07) is 0. The van der Waals surface area contributed by atoms with Crippen molar-refractivity contribution in [3.8, 4) is 0 Å². The van der Waals surface area contributed by atoms with Crippen LogP contribution in [0.4, 0.5) is 4.39 Å². The summed E-state index contributed by atoms with van der Waals surface area (Å²) in [5, 5.41) is 0. The summed E-state index contributed by atoms with van der Waals surface area (Å²) in [5.74, 6) is 0. The maximum absolute atomic E-state index is 14.2. The minimum absolute atomic E-state index is 0.0830. The van der Waals surface area contributed by atoms with Crippen LogP contribution in [0, 0.1) is 5.41 Å². The second-order valence-corrected chi connectivity index (χ2v) is 10.7. The SMILES string of the molecule is CC(C)(C)C(F)S(C)(C)C(C)(C)C. The second-order valence-electron chi connectivity index (χ2n) is 6.20. The molecule has 0 N–H and O–H groups in total. The van der Waals surface area contributed by atoms with Crippen LogP contribution in [0.25, 0.3) is 0 Å². The molecule has 2 heteroatoms. The standard InChI is InChI=1S/C11H25FS/c1-10(2,3)9(12)13(7,8)11(4,5)6/h9H,1-8H3. The van der Waals surface area contributed by atoms with E-state index in [2.05, 4.69) is 33.3 Å². The van der Waals surface area contributed by atoms with Crippen LogP contribution in [0.1, 0.15) is 41.5 Å². The third-order valence-corrected chi connectivity index (χ3v) is 7.67. The Morgan fingerprint density at radius 2 is 1.23 bits per heavy atom. The van der Waals surface area contributed by atoms with E-state index in [0.717, 1.165) is 0 Å². The quantitative estimate of drug-likeness (QED) is 0.606. The molecule has 0 aromatic heterocycles. The first-order valence-corrected chi connectivity index (χ1v) is 7.28. The Balaban J connectivity index is 4.86. The van der Waals surface area contributed by atoms with Gasteiger partial charge in [0.15, 0.2) is 0 Å². The topological polar surface area (TPSA) is 0 Å².